The van der Waals surface area contributed by atoms with Crippen LogP contribution in [-0.4, -0.2) is 50.0 Å². The topological polar surface area (TPSA) is 86.8 Å². The highest BCUT2D eigenvalue weighted by molar-refractivity contribution is 7.92. The molecule has 2 aromatic rings. The first-order valence-electron chi connectivity index (χ1n) is 11.6. The van der Waals surface area contributed by atoms with Crippen LogP contribution in [0.15, 0.2) is 42.5 Å². The van der Waals surface area contributed by atoms with Crippen molar-refractivity contribution in [1.29, 1.82) is 0 Å². The smallest absolute Gasteiger partial charge is 0.243 e. The molecule has 0 unspecified atom stereocenters. The monoisotopic (exact) mass is 575 g/mol. The van der Waals surface area contributed by atoms with E-state index in [0.717, 1.165) is 6.26 Å². The van der Waals surface area contributed by atoms with Crippen molar-refractivity contribution in [2.45, 2.75) is 58.7 Å². The fourth-order valence-electron chi connectivity index (χ4n) is 3.77. The molecule has 2 rings (SSSR count). The highest BCUT2D eigenvalue weighted by Gasteiger charge is 2.30. The molecule has 0 spiro atoms. The predicted octanol–water partition coefficient (Wildman–Crippen LogP) is 5.53. The summed E-state index contributed by atoms with van der Waals surface area (Å²) in [4.78, 5) is 27.9. The quantitative estimate of drug-likeness (QED) is 0.360. The number of amides is 2. The molecule has 0 saturated heterocycles. The Morgan fingerprint density at radius 1 is 1.00 bits per heavy atom. The number of rotatable bonds is 12. The maximum absolute atomic E-state index is 13.4. The van der Waals surface area contributed by atoms with Gasteiger partial charge in [-0.05, 0) is 63.1 Å². The highest BCUT2D eigenvalue weighted by atomic mass is 35.5. The van der Waals surface area contributed by atoms with Gasteiger partial charge in [-0.3, -0.25) is 13.9 Å². The second kappa shape index (κ2) is 13.5. The summed E-state index contributed by atoms with van der Waals surface area (Å²) in [5, 5.41) is 4.14. The minimum Gasteiger partial charge on any atom is -0.352 e. The fourth-order valence-corrected chi connectivity index (χ4v) is 5.37. The van der Waals surface area contributed by atoms with Crippen LogP contribution in [0.25, 0.3) is 0 Å². The van der Waals surface area contributed by atoms with Gasteiger partial charge in [0.15, 0.2) is 0 Å². The third kappa shape index (κ3) is 8.54. The van der Waals surface area contributed by atoms with E-state index in [0.29, 0.717) is 32.7 Å². The highest BCUT2D eigenvalue weighted by Crippen LogP contribution is 2.28. The number of nitrogens with one attached hydrogen (secondary N) is 1. The molecule has 0 fully saturated rings. The maximum Gasteiger partial charge on any atom is 0.243 e. The molecule has 11 heteroatoms. The second-order valence-corrected chi connectivity index (χ2v) is 11.9. The van der Waals surface area contributed by atoms with Gasteiger partial charge in [0.1, 0.15) is 6.04 Å². The minimum atomic E-state index is -3.59. The van der Waals surface area contributed by atoms with Gasteiger partial charge in [0, 0.05) is 46.2 Å². The Morgan fingerprint density at radius 3 is 2.08 bits per heavy atom. The van der Waals surface area contributed by atoms with Crippen LogP contribution in [0.4, 0.5) is 5.69 Å². The van der Waals surface area contributed by atoms with Gasteiger partial charge in [0.05, 0.1) is 11.9 Å². The minimum absolute atomic E-state index is 0.0210. The van der Waals surface area contributed by atoms with Crippen LogP contribution < -0.4 is 9.62 Å². The largest absolute Gasteiger partial charge is 0.352 e. The number of benzene rings is 2. The summed E-state index contributed by atoms with van der Waals surface area (Å²) in [7, 11) is -3.59. The Kier molecular flexibility index (Phi) is 11.3. The van der Waals surface area contributed by atoms with E-state index >= 15 is 0 Å². The Labute approximate surface area is 228 Å². The third-order valence-electron chi connectivity index (χ3n) is 5.47. The third-order valence-corrected chi connectivity index (χ3v) is 7.63. The zero-order valence-electron chi connectivity index (χ0n) is 20.8. The van der Waals surface area contributed by atoms with E-state index in [1.54, 1.807) is 42.5 Å². The Hall–Kier alpha value is -2.00. The van der Waals surface area contributed by atoms with E-state index in [1.807, 2.05) is 20.8 Å². The van der Waals surface area contributed by atoms with Crippen LogP contribution >= 0.6 is 34.8 Å². The molecule has 0 saturated carbocycles. The molecule has 0 aliphatic rings. The van der Waals surface area contributed by atoms with E-state index < -0.39 is 16.1 Å². The molecule has 36 heavy (non-hydrogen) atoms. The van der Waals surface area contributed by atoms with Crippen molar-refractivity contribution in [3.05, 3.63) is 63.1 Å². The van der Waals surface area contributed by atoms with Crippen LogP contribution in [0.2, 0.25) is 15.1 Å². The molecule has 2 aromatic carbocycles. The number of halogens is 3. The van der Waals surface area contributed by atoms with Crippen LogP contribution in [0.1, 0.15) is 45.6 Å². The van der Waals surface area contributed by atoms with Gasteiger partial charge in [0.2, 0.25) is 21.8 Å². The zero-order chi connectivity index (χ0) is 27.0. The molecule has 0 aliphatic carbocycles. The summed E-state index contributed by atoms with van der Waals surface area (Å²) in [5.41, 5.74) is 1.00. The van der Waals surface area contributed by atoms with Crippen molar-refractivity contribution in [2.24, 2.45) is 0 Å². The van der Waals surface area contributed by atoms with Crippen molar-refractivity contribution < 1.29 is 18.0 Å². The van der Waals surface area contributed by atoms with Crippen molar-refractivity contribution in [3.8, 4) is 0 Å². The van der Waals surface area contributed by atoms with Crippen molar-refractivity contribution in [3.63, 3.8) is 0 Å². The molecule has 2 amide bonds. The van der Waals surface area contributed by atoms with Gasteiger partial charge in [-0.2, -0.15) is 0 Å². The van der Waals surface area contributed by atoms with Gasteiger partial charge in [-0.25, -0.2) is 8.42 Å². The lowest BCUT2D eigenvalue weighted by atomic mass is 10.1. The van der Waals surface area contributed by atoms with Gasteiger partial charge in [-0.1, -0.05) is 47.8 Å². The van der Waals surface area contributed by atoms with Gasteiger partial charge in [0.25, 0.3) is 0 Å². The van der Waals surface area contributed by atoms with E-state index in [2.05, 4.69) is 5.32 Å². The average molecular weight is 577 g/mol. The van der Waals surface area contributed by atoms with Crippen LogP contribution in [0, 0.1) is 0 Å². The number of carbonyl (C=O) groups excluding carboxylic acids is 2. The standard InChI is InChI=1S/C25H32Cl3N3O4S/c1-5-23(25(33)29-17(2)3)30(16-20-21(27)8-6-9-22(20)28)24(32)10-7-15-31(36(4,34)35)19-13-11-18(26)12-14-19/h6,8-9,11-14,17,23H,5,7,10,15-16H2,1-4H3,(H,29,33)/t23-/m0/s1. The molecule has 1 atom stereocenters. The summed E-state index contributed by atoms with van der Waals surface area (Å²) >= 11 is 18.6. The number of carbonyl (C=O) groups is 2. The molecule has 198 valence electrons. The molecular weight excluding hydrogens is 545 g/mol. The van der Waals surface area contributed by atoms with Crippen molar-refractivity contribution in [2.75, 3.05) is 17.1 Å². The van der Waals surface area contributed by atoms with E-state index in [-0.39, 0.29) is 43.8 Å². The molecule has 0 aromatic heterocycles. The van der Waals surface area contributed by atoms with E-state index in [1.165, 1.54) is 9.21 Å². The molecule has 0 aliphatic heterocycles. The van der Waals surface area contributed by atoms with Crippen molar-refractivity contribution >= 4 is 62.3 Å². The molecular formula is C25H32Cl3N3O4S. The van der Waals surface area contributed by atoms with E-state index in [9.17, 15) is 18.0 Å². The molecule has 7 nitrogen and oxygen atoms in total. The first kappa shape index (κ1) is 30.2. The summed E-state index contributed by atoms with van der Waals surface area (Å²) in [6.45, 7) is 5.65. The number of nitrogens with zero attached hydrogens (tertiary/aromatic N) is 2. The van der Waals surface area contributed by atoms with Crippen LogP contribution in [0.5, 0.6) is 0 Å². The predicted molar refractivity (Wildman–Crippen MR) is 147 cm³/mol. The van der Waals surface area contributed by atoms with Gasteiger partial charge >= 0.3 is 0 Å². The number of anilines is 1. The summed E-state index contributed by atoms with van der Waals surface area (Å²) in [5.74, 6) is -0.579. The van der Waals surface area contributed by atoms with Gasteiger partial charge < -0.3 is 10.2 Å². The lowest BCUT2D eigenvalue weighted by Gasteiger charge is -2.32. The lowest BCUT2D eigenvalue weighted by molar-refractivity contribution is -0.141. The average Bonchev–Trinajstić information content (AvgIpc) is 2.78. The normalized spacial score (nSPS) is 12.3. The summed E-state index contributed by atoms with van der Waals surface area (Å²) in [6.07, 6.45) is 1.75. The maximum atomic E-state index is 13.4. The van der Waals surface area contributed by atoms with Crippen LogP contribution in [-0.2, 0) is 26.2 Å². The fraction of sp³-hybridized carbons (Fsp3) is 0.440. The summed E-state index contributed by atoms with van der Waals surface area (Å²) < 4.78 is 26.0. The first-order valence-corrected chi connectivity index (χ1v) is 14.6. The Balaban J connectivity index is 2.27. The SMILES string of the molecule is CC[C@@H](C(=O)NC(C)C)N(Cc1c(Cl)cccc1Cl)C(=O)CCCN(c1ccc(Cl)cc1)S(C)(=O)=O. The van der Waals surface area contributed by atoms with Crippen LogP contribution in [0.3, 0.4) is 0 Å². The van der Waals surface area contributed by atoms with Gasteiger partial charge in [-0.15, -0.1) is 0 Å². The molecule has 0 bridgehead atoms. The number of hydrogen-bond donors (Lipinski definition) is 1. The zero-order valence-corrected chi connectivity index (χ0v) is 23.9. The molecule has 0 heterocycles. The lowest BCUT2D eigenvalue weighted by Crippen LogP contribution is -2.50. The summed E-state index contributed by atoms with van der Waals surface area (Å²) in [6, 6.07) is 10.7. The molecule has 0 radical (unpaired) electrons. The van der Waals surface area contributed by atoms with E-state index in [4.69, 9.17) is 34.8 Å². The number of sulfonamides is 1. The number of hydrogen-bond acceptors (Lipinski definition) is 4. The Morgan fingerprint density at radius 2 is 1.58 bits per heavy atom. The second-order valence-electron chi connectivity index (χ2n) is 8.72. The first-order chi connectivity index (χ1) is 16.8. The molecule has 1 N–H and O–H groups in total. The Bertz CT molecular complexity index is 1140. The van der Waals surface area contributed by atoms with Crippen molar-refractivity contribution in [1.82, 2.24) is 10.2 Å².